The van der Waals surface area contributed by atoms with E-state index in [9.17, 15) is 33.6 Å². The highest BCUT2D eigenvalue weighted by Crippen LogP contribution is 2.66. The van der Waals surface area contributed by atoms with Crippen LogP contribution in [-0.4, -0.2) is 69.4 Å². The van der Waals surface area contributed by atoms with Gasteiger partial charge >= 0.3 is 29.2 Å². The largest absolute Gasteiger partial charge is 0.536 e. The van der Waals surface area contributed by atoms with Gasteiger partial charge in [-0.25, -0.2) is 18.5 Å². The standard InChI is InChI=1S/C9H15N2O15P3S/c12-2-4-5(13)6(14)8(23-4)11-1-3(7(30)10-9(11)15)24-28(19,20)26-29(21,22)25-27(16,17)18/h1,4-6,8,12-14H,2H2,(H,19,20)(H,21,22)(H,10,15,30)(H2,16,17,18)/t4-,5-,6-,8-/m1/s1. The van der Waals surface area contributed by atoms with Gasteiger partial charge in [0.15, 0.2) is 16.6 Å². The number of H-pyrrole nitrogens is 1. The average molecular weight is 516 g/mol. The number of phosphoric acid groups is 3. The molecule has 21 heteroatoms. The number of phosphoric ester groups is 1. The maximum absolute atomic E-state index is 12.1. The summed E-state index contributed by atoms with van der Waals surface area (Å²) in [6, 6.07) is 0. The third-order valence-corrected chi connectivity index (χ3v) is 7.41. The molecule has 1 aromatic rings. The molecule has 17 nitrogen and oxygen atoms in total. The maximum Gasteiger partial charge on any atom is 0.536 e. The average Bonchev–Trinajstić information content (AvgIpc) is 2.81. The molecule has 6 atom stereocenters. The Kier molecular flexibility index (Phi) is 7.61. The molecule has 2 unspecified atom stereocenters. The number of aliphatic hydroxyl groups is 3. The Morgan fingerprint density at radius 2 is 1.70 bits per heavy atom. The summed E-state index contributed by atoms with van der Waals surface area (Å²) in [5.41, 5.74) is -1.05. The number of nitrogens with one attached hydrogen (secondary N) is 1. The summed E-state index contributed by atoms with van der Waals surface area (Å²) >= 11 is 4.71. The predicted molar refractivity (Wildman–Crippen MR) is 93.4 cm³/mol. The van der Waals surface area contributed by atoms with Gasteiger partial charge < -0.3 is 39.3 Å². The van der Waals surface area contributed by atoms with Crippen LogP contribution in [0.3, 0.4) is 0 Å². The number of aromatic amines is 1. The first-order chi connectivity index (χ1) is 13.6. The van der Waals surface area contributed by atoms with E-state index in [-0.39, 0.29) is 0 Å². The quantitative estimate of drug-likeness (QED) is 0.140. The van der Waals surface area contributed by atoms with E-state index < -0.39 is 70.7 Å². The van der Waals surface area contributed by atoms with Crippen molar-refractivity contribution in [2.75, 3.05) is 6.61 Å². The molecular weight excluding hydrogens is 501 g/mol. The van der Waals surface area contributed by atoms with Gasteiger partial charge in [0, 0.05) is 0 Å². The van der Waals surface area contributed by atoms with Gasteiger partial charge in [0.1, 0.15) is 18.3 Å². The van der Waals surface area contributed by atoms with Crippen LogP contribution in [0.2, 0.25) is 0 Å². The van der Waals surface area contributed by atoms with Gasteiger partial charge in [-0.1, -0.05) is 12.2 Å². The Hall–Kier alpha value is -0.810. The first-order valence-corrected chi connectivity index (χ1v) is 12.3. The van der Waals surface area contributed by atoms with Crippen molar-refractivity contribution < 1.29 is 66.5 Å². The summed E-state index contributed by atoms with van der Waals surface area (Å²) in [4.78, 5) is 49.7. The molecule has 0 aromatic carbocycles. The van der Waals surface area contributed by atoms with E-state index in [1.165, 1.54) is 0 Å². The van der Waals surface area contributed by atoms with Crippen LogP contribution in [0.5, 0.6) is 5.75 Å². The van der Waals surface area contributed by atoms with Crippen LogP contribution < -0.4 is 10.2 Å². The summed E-state index contributed by atoms with van der Waals surface area (Å²) in [6.45, 7) is -0.722. The molecule has 2 rings (SSSR count). The summed E-state index contributed by atoms with van der Waals surface area (Å²) in [5, 5.41) is 28.8. The lowest BCUT2D eigenvalue weighted by molar-refractivity contribution is -0.0551. The number of aromatic nitrogens is 2. The second-order valence-electron chi connectivity index (χ2n) is 5.57. The van der Waals surface area contributed by atoms with Crippen molar-refractivity contribution >= 4 is 35.7 Å². The molecule has 1 aliphatic rings. The Morgan fingerprint density at radius 1 is 1.10 bits per heavy atom. The Balaban J connectivity index is 2.33. The molecule has 1 aliphatic heterocycles. The van der Waals surface area contributed by atoms with Gasteiger partial charge in [0.25, 0.3) is 0 Å². The highest BCUT2D eigenvalue weighted by molar-refractivity contribution is 7.71. The lowest BCUT2D eigenvalue weighted by atomic mass is 10.1. The van der Waals surface area contributed by atoms with E-state index in [1.54, 1.807) is 0 Å². The van der Waals surface area contributed by atoms with Gasteiger partial charge in [-0.2, -0.15) is 8.62 Å². The molecule has 172 valence electrons. The van der Waals surface area contributed by atoms with E-state index in [2.05, 4.69) is 13.1 Å². The predicted octanol–water partition coefficient (Wildman–Crippen LogP) is -1.78. The van der Waals surface area contributed by atoms with Crippen LogP contribution in [0.4, 0.5) is 0 Å². The Morgan fingerprint density at radius 3 is 2.20 bits per heavy atom. The zero-order valence-electron chi connectivity index (χ0n) is 14.2. The number of hydrogen-bond acceptors (Lipinski definition) is 12. The zero-order valence-corrected chi connectivity index (χ0v) is 17.7. The number of nitrogens with zero attached hydrogens (tertiary/aromatic N) is 1. The minimum Gasteiger partial charge on any atom is -0.399 e. The molecular formula is C9H15N2O15P3S. The van der Waals surface area contributed by atoms with Crippen molar-refractivity contribution in [3.63, 3.8) is 0 Å². The third kappa shape index (κ3) is 6.35. The van der Waals surface area contributed by atoms with Gasteiger partial charge in [-0.05, 0) is 0 Å². The molecule has 0 saturated carbocycles. The Labute approximate surface area is 170 Å². The van der Waals surface area contributed by atoms with Gasteiger partial charge in [-0.15, -0.1) is 0 Å². The first kappa shape index (κ1) is 25.5. The van der Waals surface area contributed by atoms with E-state index in [4.69, 9.17) is 36.7 Å². The number of aliphatic hydroxyl groups excluding tert-OH is 3. The maximum atomic E-state index is 12.1. The molecule has 0 bridgehead atoms. The summed E-state index contributed by atoms with van der Waals surface area (Å²) in [6.07, 6.45) is -5.61. The molecule has 1 aromatic heterocycles. The summed E-state index contributed by atoms with van der Waals surface area (Å²) < 4.78 is 50.4. The normalized spacial score (nSPS) is 28.6. The van der Waals surface area contributed by atoms with Crippen molar-refractivity contribution in [1.82, 2.24) is 9.55 Å². The molecule has 0 spiro atoms. The monoisotopic (exact) mass is 516 g/mol. The molecule has 8 N–H and O–H groups in total. The highest BCUT2D eigenvalue weighted by Gasteiger charge is 2.45. The second-order valence-corrected chi connectivity index (χ2v) is 10.3. The van der Waals surface area contributed by atoms with E-state index in [0.29, 0.717) is 10.8 Å². The van der Waals surface area contributed by atoms with Crippen molar-refractivity contribution in [1.29, 1.82) is 0 Å². The minimum absolute atomic E-state index is 0.527. The Bertz CT molecular complexity index is 1050. The van der Waals surface area contributed by atoms with Crippen molar-refractivity contribution in [3.8, 4) is 5.75 Å². The highest BCUT2D eigenvalue weighted by atomic mass is 32.1. The van der Waals surface area contributed by atoms with E-state index >= 15 is 0 Å². The fourth-order valence-corrected chi connectivity index (χ4v) is 5.52. The molecule has 1 fully saturated rings. The number of hydrogen-bond donors (Lipinski definition) is 8. The van der Waals surface area contributed by atoms with Crippen LogP contribution in [0.25, 0.3) is 0 Å². The molecule has 30 heavy (non-hydrogen) atoms. The second kappa shape index (κ2) is 8.97. The van der Waals surface area contributed by atoms with Crippen LogP contribution >= 0.6 is 35.7 Å². The lowest BCUT2D eigenvalue weighted by Gasteiger charge is -2.20. The zero-order chi connectivity index (χ0) is 23.1. The van der Waals surface area contributed by atoms with E-state index in [1.807, 2.05) is 4.98 Å². The van der Waals surface area contributed by atoms with Crippen molar-refractivity contribution in [2.24, 2.45) is 0 Å². The topological polar surface area (TPSA) is 268 Å². The fraction of sp³-hybridized carbons (Fsp3) is 0.556. The SMILES string of the molecule is O=c1[nH]c(=S)c(OP(=O)(O)OP(=O)(O)OP(=O)(O)O)cn1[C@@H]1O[C@H](CO)[C@@H](O)[C@H]1O. The minimum atomic E-state index is -5.80. The molecule has 1 saturated heterocycles. The lowest BCUT2D eigenvalue weighted by Crippen LogP contribution is -2.36. The van der Waals surface area contributed by atoms with Crippen LogP contribution in [-0.2, 0) is 27.1 Å². The van der Waals surface area contributed by atoms with Gasteiger partial charge in [0.2, 0.25) is 0 Å². The van der Waals surface area contributed by atoms with Gasteiger partial charge in [0.05, 0.1) is 12.8 Å². The smallest absolute Gasteiger partial charge is 0.399 e. The number of ether oxygens (including phenoxy) is 1. The van der Waals surface area contributed by atoms with E-state index in [0.717, 1.165) is 0 Å². The summed E-state index contributed by atoms with van der Waals surface area (Å²) in [7, 11) is -17.0. The molecule has 0 radical (unpaired) electrons. The third-order valence-electron chi connectivity index (χ3n) is 3.36. The fourth-order valence-electron chi connectivity index (χ4n) is 2.25. The van der Waals surface area contributed by atoms with Gasteiger partial charge in [-0.3, -0.25) is 14.4 Å². The van der Waals surface area contributed by atoms with Crippen LogP contribution in [0, 0.1) is 4.64 Å². The molecule has 0 amide bonds. The summed E-state index contributed by atoms with van der Waals surface area (Å²) in [5.74, 6) is -0.843. The van der Waals surface area contributed by atoms with Crippen molar-refractivity contribution in [2.45, 2.75) is 24.5 Å². The first-order valence-electron chi connectivity index (χ1n) is 7.36. The van der Waals surface area contributed by atoms with Crippen LogP contribution in [0.1, 0.15) is 6.23 Å². The molecule has 0 aliphatic carbocycles. The van der Waals surface area contributed by atoms with Crippen LogP contribution in [0.15, 0.2) is 11.0 Å². The van der Waals surface area contributed by atoms with Crippen molar-refractivity contribution in [3.05, 3.63) is 21.3 Å². The molecule has 2 heterocycles. The number of rotatable bonds is 8.